The molecular formula is C33H41N3OS. The summed E-state index contributed by atoms with van der Waals surface area (Å²) < 4.78 is 2.30. The fourth-order valence-electron chi connectivity index (χ4n) is 7.60. The lowest BCUT2D eigenvalue weighted by Crippen LogP contribution is -2.41. The van der Waals surface area contributed by atoms with Gasteiger partial charge in [0.25, 0.3) is 5.91 Å². The van der Waals surface area contributed by atoms with E-state index in [9.17, 15) is 4.79 Å². The zero-order valence-corrected chi connectivity index (χ0v) is 24.3. The van der Waals surface area contributed by atoms with E-state index in [4.69, 9.17) is 0 Å². The molecule has 3 aliphatic rings. The van der Waals surface area contributed by atoms with Crippen LogP contribution in [0.4, 0.5) is 5.69 Å². The molecule has 1 aliphatic heterocycles. The van der Waals surface area contributed by atoms with Crippen molar-refractivity contribution in [3.63, 3.8) is 0 Å². The number of nitrogens with one attached hydrogen (secondary N) is 1. The van der Waals surface area contributed by atoms with Gasteiger partial charge >= 0.3 is 0 Å². The van der Waals surface area contributed by atoms with Gasteiger partial charge in [0, 0.05) is 47.3 Å². The summed E-state index contributed by atoms with van der Waals surface area (Å²) in [7, 11) is 1.06. The highest BCUT2D eigenvalue weighted by atomic mass is 32.3. The van der Waals surface area contributed by atoms with Gasteiger partial charge in [0.2, 0.25) is 0 Å². The van der Waals surface area contributed by atoms with Crippen LogP contribution in [-0.4, -0.2) is 46.2 Å². The first-order valence-electron chi connectivity index (χ1n) is 14.1. The number of aromatic nitrogens is 1. The molecule has 2 saturated carbocycles. The third kappa shape index (κ3) is 4.62. The lowest BCUT2D eigenvalue weighted by Gasteiger charge is -2.39. The number of hydrogen-bond acceptors (Lipinski definition) is 2. The third-order valence-electron chi connectivity index (χ3n) is 8.98. The van der Waals surface area contributed by atoms with Crippen molar-refractivity contribution in [2.45, 2.75) is 57.0 Å². The Bertz CT molecular complexity index is 1440. The Hall–Kier alpha value is -2.84. The summed E-state index contributed by atoms with van der Waals surface area (Å²) in [4.78, 5) is 15.6. The van der Waals surface area contributed by atoms with E-state index in [1.807, 2.05) is 4.90 Å². The second-order valence-corrected chi connectivity index (χ2v) is 16.7. The molecule has 0 saturated heterocycles. The van der Waals surface area contributed by atoms with Gasteiger partial charge in [-0.15, -0.1) is 0 Å². The maximum Gasteiger partial charge on any atom is 0.300 e. The summed E-state index contributed by atoms with van der Waals surface area (Å²) in [5.41, 5.74) is 6.41. The molecule has 1 amide bonds. The quantitative estimate of drug-likeness (QED) is 0.386. The molecule has 1 N–H and O–H groups in total. The van der Waals surface area contributed by atoms with Crippen LogP contribution in [0.25, 0.3) is 10.9 Å². The molecule has 0 radical (unpaired) electrons. The number of nitrogens with zero attached hydrogens (tertiary/aromatic N) is 2. The van der Waals surface area contributed by atoms with Gasteiger partial charge in [-0.1, -0.05) is 37.3 Å². The summed E-state index contributed by atoms with van der Waals surface area (Å²) in [6.07, 6.45) is 13.8. The number of aryl methyl sites for hydroxylation is 1. The van der Waals surface area contributed by atoms with Gasteiger partial charge < -0.3 is 14.8 Å². The molecule has 0 spiro atoms. The number of carbonyl (C=O) groups is 1. The van der Waals surface area contributed by atoms with Crippen molar-refractivity contribution in [2.75, 3.05) is 30.6 Å². The van der Waals surface area contributed by atoms with E-state index in [1.165, 1.54) is 60.0 Å². The van der Waals surface area contributed by atoms with Gasteiger partial charge in [-0.25, -0.2) is 0 Å². The fourth-order valence-corrected chi connectivity index (χ4v) is 7.99. The number of amides is 1. The lowest BCUT2D eigenvalue weighted by molar-refractivity contribution is -0.127. The second kappa shape index (κ2) is 9.42. The molecule has 2 fully saturated rings. The minimum atomic E-state index is -1.08. The van der Waals surface area contributed by atoms with Gasteiger partial charge in [0.15, 0.2) is 0 Å². The zero-order chi connectivity index (χ0) is 26.7. The van der Waals surface area contributed by atoms with Crippen molar-refractivity contribution in [1.82, 2.24) is 9.47 Å². The molecule has 200 valence electrons. The molecule has 5 heteroatoms. The molecule has 2 aliphatic carbocycles. The Kier molecular flexibility index (Phi) is 6.30. The predicted octanol–water partition coefficient (Wildman–Crippen LogP) is 6.69. The molecular weight excluding hydrogens is 486 g/mol. The van der Waals surface area contributed by atoms with Crippen molar-refractivity contribution in [3.05, 3.63) is 65.4 Å². The average Bonchev–Trinajstić information content (AvgIpc) is 3.35. The lowest BCUT2D eigenvalue weighted by atomic mass is 9.77. The van der Waals surface area contributed by atoms with E-state index in [1.54, 1.807) is 0 Å². The third-order valence-corrected chi connectivity index (χ3v) is 9.70. The van der Waals surface area contributed by atoms with Crippen LogP contribution in [-0.2, 0) is 18.3 Å². The fraction of sp³-hybridized carbons (Fsp3) is 0.485. The van der Waals surface area contributed by atoms with Crippen molar-refractivity contribution >= 4 is 32.5 Å². The Morgan fingerprint density at radius 2 is 1.84 bits per heavy atom. The van der Waals surface area contributed by atoms with E-state index < -0.39 is 10.0 Å². The van der Waals surface area contributed by atoms with Crippen LogP contribution in [0.3, 0.4) is 0 Å². The normalized spacial score (nSPS) is 27.0. The number of fused-ring (bicyclic) bond motifs is 5. The highest BCUT2D eigenvalue weighted by molar-refractivity contribution is 8.36. The molecule has 38 heavy (non-hydrogen) atoms. The molecule has 4 atom stereocenters. The van der Waals surface area contributed by atoms with Crippen LogP contribution in [0.15, 0.2) is 48.5 Å². The highest BCUT2D eigenvalue weighted by Gasteiger charge is 2.44. The molecule has 4 unspecified atom stereocenters. The number of rotatable bonds is 3. The second-order valence-electron chi connectivity index (χ2n) is 12.8. The summed E-state index contributed by atoms with van der Waals surface area (Å²) in [5.74, 6) is 4.63. The molecule has 2 bridgehead atoms. The van der Waals surface area contributed by atoms with Gasteiger partial charge in [-0.05, 0) is 104 Å². The Balaban J connectivity index is 1.37. The monoisotopic (exact) mass is 527 g/mol. The van der Waals surface area contributed by atoms with Crippen molar-refractivity contribution in [3.8, 4) is 11.2 Å². The standard InChI is InChI=1S/C33H41N3OS/c1-23-20-24-14-17-33(21-23,22-24)34-26-12-10-25(11-13-26)31-32-28(27-8-6-7-9-29(27)35(32)2)15-18-36(31)30(37)16-19-38(3,4)5/h6-13,23-24,31,34H,14-15,17-18,20-22H2,1-5H3. The van der Waals surface area contributed by atoms with Crippen LogP contribution in [0, 0.1) is 23.0 Å². The van der Waals surface area contributed by atoms with Gasteiger partial charge in [0.05, 0.1) is 6.04 Å². The van der Waals surface area contributed by atoms with E-state index in [2.05, 4.69) is 102 Å². The molecule has 1 aromatic heterocycles. The summed E-state index contributed by atoms with van der Waals surface area (Å²) in [5, 5.41) is 8.52. The summed E-state index contributed by atoms with van der Waals surface area (Å²) >= 11 is 0. The summed E-state index contributed by atoms with van der Waals surface area (Å²) in [6, 6.07) is 17.4. The van der Waals surface area contributed by atoms with Crippen LogP contribution in [0.5, 0.6) is 0 Å². The maximum atomic E-state index is 13.6. The Morgan fingerprint density at radius 3 is 2.61 bits per heavy atom. The van der Waals surface area contributed by atoms with Crippen LogP contribution >= 0.6 is 10.0 Å². The number of hydrogen-bond donors (Lipinski definition) is 1. The van der Waals surface area contributed by atoms with Crippen molar-refractivity contribution in [2.24, 2.45) is 18.9 Å². The van der Waals surface area contributed by atoms with E-state index in [0.29, 0.717) is 6.54 Å². The Labute approximate surface area is 229 Å². The first-order valence-corrected chi connectivity index (χ1v) is 16.9. The van der Waals surface area contributed by atoms with Crippen LogP contribution in [0.2, 0.25) is 0 Å². The zero-order valence-electron chi connectivity index (χ0n) is 23.5. The van der Waals surface area contributed by atoms with Crippen molar-refractivity contribution in [1.29, 1.82) is 0 Å². The Morgan fingerprint density at radius 1 is 1.08 bits per heavy atom. The van der Waals surface area contributed by atoms with Crippen LogP contribution < -0.4 is 5.32 Å². The number of carbonyl (C=O) groups excluding carboxylic acids is 1. The predicted molar refractivity (Wildman–Crippen MR) is 162 cm³/mol. The average molecular weight is 528 g/mol. The largest absolute Gasteiger partial charge is 0.380 e. The first-order chi connectivity index (χ1) is 18.1. The highest BCUT2D eigenvalue weighted by Crippen LogP contribution is 2.49. The van der Waals surface area contributed by atoms with Crippen molar-refractivity contribution < 1.29 is 4.79 Å². The SMILES string of the molecule is CC1CC2CCC(Nc3ccc(C4c5c(c6ccccc6n5C)CCN4C(=O)C#CS(C)(C)C)cc3)(C1)C2. The molecule has 2 aromatic carbocycles. The van der Waals surface area contributed by atoms with E-state index >= 15 is 0 Å². The van der Waals surface area contributed by atoms with Gasteiger partial charge in [-0.3, -0.25) is 4.79 Å². The van der Waals surface area contributed by atoms with Gasteiger partial charge in [-0.2, -0.15) is 10.0 Å². The minimum Gasteiger partial charge on any atom is -0.380 e. The van der Waals surface area contributed by atoms with E-state index in [0.717, 1.165) is 23.8 Å². The molecule has 4 nitrogen and oxygen atoms in total. The molecule has 6 rings (SSSR count). The topological polar surface area (TPSA) is 37.3 Å². The number of anilines is 1. The smallest absolute Gasteiger partial charge is 0.300 e. The molecule has 2 heterocycles. The minimum absolute atomic E-state index is 0.0670. The van der Waals surface area contributed by atoms with Gasteiger partial charge in [0.1, 0.15) is 0 Å². The number of para-hydroxylation sites is 1. The maximum absolute atomic E-state index is 13.6. The number of benzene rings is 2. The summed E-state index contributed by atoms with van der Waals surface area (Å²) in [6.45, 7) is 3.10. The van der Waals surface area contributed by atoms with E-state index in [-0.39, 0.29) is 17.5 Å². The first kappa shape index (κ1) is 25.4. The van der Waals surface area contributed by atoms with Crippen LogP contribution in [0.1, 0.15) is 61.9 Å². The molecule has 3 aromatic rings.